The Kier molecular flexibility index (Phi) is 10.1. The first kappa shape index (κ1) is 27.0. The lowest BCUT2D eigenvalue weighted by atomic mass is 9.94. The van der Waals surface area contributed by atoms with Crippen LogP contribution in [0.1, 0.15) is 62.2 Å². The standard InChI is InChI=1S/C30H43N3O2S/c1-31(2)20-11-22-33-27-14-7-8-15-28(27)36-29(30(33)34)24-16-18-26(19-17-24)35-23-10-9-21-32(3)25-12-5-4-6-13-25/h7-8,14-19,25,29H,4-6,9-13,20-23H2,1-3H3. The number of hydrogen-bond donors (Lipinski definition) is 0. The highest BCUT2D eigenvalue weighted by molar-refractivity contribution is 8.00. The van der Waals surface area contributed by atoms with Gasteiger partial charge in [-0.3, -0.25) is 4.79 Å². The average molecular weight is 510 g/mol. The summed E-state index contributed by atoms with van der Waals surface area (Å²) < 4.78 is 6.03. The first-order chi connectivity index (χ1) is 17.5. The molecule has 2 aromatic carbocycles. The maximum atomic E-state index is 13.5. The Morgan fingerprint density at radius 3 is 2.42 bits per heavy atom. The Morgan fingerprint density at radius 2 is 1.67 bits per heavy atom. The molecule has 0 radical (unpaired) electrons. The predicted molar refractivity (Wildman–Crippen MR) is 151 cm³/mol. The molecule has 1 aliphatic heterocycles. The van der Waals surface area contributed by atoms with Gasteiger partial charge in [0.1, 0.15) is 11.0 Å². The summed E-state index contributed by atoms with van der Waals surface area (Å²) in [6, 6.07) is 17.2. The molecule has 5 nitrogen and oxygen atoms in total. The number of unbranched alkanes of at least 4 members (excludes halogenated alkanes) is 1. The lowest BCUT2D eigenvalue weighted by Crippen LogP contribution is -2.38. The number of fused-ring (bicyclic) bond motifs is 1. The van der Waals surface area contributed by atoms with Gasteiger partial charge >= 0.3 is 0 Å². The molecule has 0 aromatic heterocycles. The normalized spacial score (nSPS) is 18.6. The minimum absolute atomic E-state index is 0.174. The molecule has 0 spiro atoms. The summed E-state index contributed by atoms with van der Waals surface area (Å²) in [6.07, 6.45) is 10.1. The van der Waals surface area contributed by atoms with Gasteiger partial charge in [-0.15, -0.1) is 11.8 Å². The van der Waals surface area contributed by atoms with Crippen LogP contribution >= 0.6 is 11.8 Å². The Bertz CT molecular complexity index is 959. The van der Waals surface area contributed by atoms with Gasteiger partial charge in [0.05, 0.1) is 12.3 Å². The van der Waals surface area contributed by atoms with Crippen molar-refractivity contribution in [2.45, 2.75) is 67.6 Å². The molecule has 2 aliphatic rings. The summed E-state index contributed by atoms with van der Waals surface area (Å²) in [5.41, 5.74) is 2.08. The average Bonchev–Trinajstić information content (AvgIpc) is 2.90. The van der Waals surface area contributed by atoms with Crippen LogP contribution in [0.5, 0.6) is 5.75 Å². The second-order valence-corrected chi connectivity index (χ2v) is 11.7. The van der Waals surface area contributed by atoms with Crippen LogP contribution in [0.25, 0.3) is 0 Å². The van der Waals surface area contributed by atoms with E-state index in [0.717, 1.165) is 62.1 Å². The molecule has 1 heterocycles. The molecule has 4 rings (SSSR count). The van der Waals surface area contributed by atoms with Crippen LogP contribution < -0.4 is 9.64 Å². The van der Waals surface area contributed by atoms with Gasteiger partial charge in [0.15, 0.2) is 0 Å². The van der Waals surface area contributed by atoms with Crippen LogP contribution in [-0.4, -0.2) is 69.1 Å². The lowest BCUT2D eigenvalue weighted by Gasteiger charge is -2.34. The highest BCUT2D eigenvalue weighted by Crippen LogP contribution is 2.46. The molecule has 1 aliphatic carbocycles. The molecular weight excluding hydrogens is 466 g/mol. The van der Waals surface area contributed by atoms with Gasteiger partial charge in [-0.2, -0.15) is 0 Å². The number of amides is 1. The SMILES string of the molecule is CN(C)CCCN1C(=O)C(c2ccc(OCCCCN(C)C3CCCCC3)cc2)Sc2ccccc21. The van der Waals surface area contributed by atoms with Crippen molar-refractivity contribution in [1.82, 2.24) is 9.80 Å². The van der Waals surface area contributed by atoms with Crippen molar-refractivity contribution in [3.8, 4) is 5.75 Å². The number of rotatable bonds is 12. The van der Waals surface area contributed by atoms with E-state index >= 15 is 0 Å². The number of carbonyl (C=O) groups is 1. The predicted octanol–water partition coefficient (Wildman–Crippen LogP) is 6.24. The van der Waals surface area contributed by atoms with Gasteiger partial charge in [-0.1, -0.05) is 43.5 Å². The zero-order valence-corrected chi connectivity index (χ0v) is 23.1. The fourth-order valence-electron chi connectivity index (χ4n) is 5.30. The van der Waals surface area contributed by atoms with Crippen molar-refractivity contribution in [1.29, 1.82) is 0 Å². The summed E-state index contributed by atoms with van der Waals surface area (Å²) in [6.45, 7) is 3.59. The monoisotopic (exact) mass is 509 g/mol. The van der Waals surface area contributed by atoms with Crippen LogP contribution in [-0.2, 0) is 4.79 Å². The molecule has 0 N–H and O–H groups in total. The van der Waals surface area contributed by atoms with Crippen molar-refractivity contribution < 1.29 is 9.53 Å². The van der Waals surface area contributed by atoms with E-state index in [-0.39, 0.29) is 11.2 Å². The smallest absolute Gasteiger partial charge is 0.245 e. The molecule has 1 fully saturated rings. The molecule has 1 unspecified atom stereocenters. The highest BCUT2D eigenvalue weighted by Gasteiger charge is 2.34. The van der Waals surface area contributed by atoms with Crippen molar-refractivity contribution >= 4 is 23.4 Å². The molecule has 196 valence electrons. The second kappa shape index (κ2) is 13.5. The zero-order valence-electron chi connectivity index (χ0n) is 22.3. The largest absolute Gasteiger partial charge is 0.494 e. The third-order valence-corrected chi connectivity index (χ3v) is 8.74. The molecule has 6 heteroatoms. The number of carbonyl (C=O) groups excluding carboxylic acids is 1. The van der Waals surface area contributed by atoms with E-state index < -0.39 is 0 Å². The summed E-state index contributed by atoms with van der Waals surface area (Å²) in [5, 5.41) is -0.219. The van der Waals surface area contributed by atoms with Crippen LogP contribution in [0.2, 0.25) is 0 Å². The van der Waals surface area contributed by atoms with Crippen LogP contribution in [0.15, 0.2) is 53.4 Å². The van der Waals surface area contributed by atoms with Gasteiger partial charge in [-0.25, -0.2) is 0 Å². The third kappa shape index (κ3) is 7.27. The third-order valence-electron chi connectivity index (χ3n) is 7.43. The van der Waals surface area contributed by atoms with Crippen molar-refractivity contribution in [3.05, 3.63) is 54.1 Å². The molecule has 1 atom stereocenters. The molecule has 0 saturated heterocycles. The van der Waals surface area contributed by atoms with E-state index in [1.165, 1.54) is 43.4 Å². The number of nitrogens with zero attached hydrogens (tertiary/aromatic N) is 3. The maximum Gasteiger partial charge on any atom is 0.245 e. The molecule has 1 saturated carbocycles. The van der Waals surface area contributed by atoms with E-state index in [9.17, 15) is 4.79 Å². The summed E-state index contributed by atoms with van der Waals surface area (Å²) in [5.74, 6) is 1.06. The molecule has 2 aromatic rings. The lowest BCUT2D eigenvalue weighted by molar-refractivity contribution is -0.118. The minimum Gasteiger partial charge on any atom is -0.494 e. The Labute approximate surface area is 222 Å². The molecular formula is C30H43N3O2S. The molecule has 1 amide bonds. The van der Waals surface area contributed by atoms with E-state index in [1.54, 1.807) is 11.8 Å². The summed E-state index contributed by atoms with van der Waals surface area (Å²) >= 11 is 1.66. The first-order valence-corrected chi connectivity index (χ1v) is 14.6. The van der Waals surface area contributed by atoms with Gasteiger partial charge in [0.2, 0.25) is 5.91 Å². The Morgan fingerprint density at radius 1 is 0.917 bits per heavy atom. The zero-order chi connectivity index (χ0) is 25.3. The minimum atomic E-state index is -0.219. The van der Waals surface area contributed by atoms with Crippen LogP contribution in [0, 0.1) is 0 Å². The van der Waals surface area contributed by atoms with Crippen LogP contribution in [0.4, 0.5) is 5.69 Å². The Balaban J connectivity index is 1.28. The quantitative estimate of drug-likeness (QED) is 0.317. The number of ether oxygens (including phenoxy) is 1. The van der Waals surface area contributed by atoms with Gasteiger partial charge < -0.3 is 19.4 Å². The second-order valence-electron chi connectivity index (χ2n) is 10.5. The Hall–Kier alpha value is -2.02. The fourth-order valence-corrected chi connectivity index (χ4v) is 6.53. The van der Waals surface area contributed by atoms with Crippen LogP contribution in [0.3, 0.4) is 0 Å². The van der Waals surface area contributed by atoms with Crippen molar-refractivity contribution in [2.24, 2.45) is 0 Å². The number of hydrogen-bond acceptors (Lipinski definition) is 5. The molecule has 36 heavy (non-hydrogen) atoms. The van der Waals surface area contributed by atoms with Crippen molar-refractivity contribution in [2.75, 3.05) is 52.3 Å². The number of anilines is 1. The van der Waals surface area contributed by atoms with E-state index in [2.05, 4.69) is 61.3 Å². The number of benzene rings is 2. The topological polar surface area (TPSA) is 36.0 Å². The van der Waals surface area contributed by atoms with Crippen molar-refractivity contribution in [3.63, 3.8) is 0 Å². The summed E-state index contributed by atoms with van der Waals surface area (Å²) in [7, 11) is 6.43. The van der Waals surface area contributed by atoms with Gasteiger partial charge in [0, 0.05) is 17.5 Å². The van der Waals surface area contributed by atoms with E-state index in [4.69, 9.17) is 4.74 Å². The van der Waals surface area contributed by atoms with Gasteiger partial charge in [-0.05, 0) is 96.2 Å². The number of para-hydroxylation sites is 1. The number of thioether (sulfide) groups is 1. The maximum absolute atomic E-state index is 13.5. The van der Waals surface area contributed by atoms with E-state index in [0.29, 0.717) is 0 Å². The molecule has 0 bridgehead atoms. The highest BCUT2D eigenvalue weighted by atomic mass is 32.2. The summed E-state index contributed by atoms with van der Waals surface area (Å²) in [4.78, 5) is 21.4. The van der Waals surface area contributed by atoms with Gasteiger partial charge in [0.25, 0.3) is 0 Å². The van der Waals surface area contributed by atoms with E-state index in [1.807, 2.05) is 23.1 Å². The fraction of sp³-hybridized carbons (Fsp3) is 0.567. The first-order valence-electron chi connectivity index (χ1n) is 13.7.